The summed E-state index contributed by atoms with van der Waals surface area (Å²) in [4.78, 5) is 49.0. The highest BCUT2D eigenvalue weighted by Gasteiger charge is 2.36. The van der Waals surface area contributed by atoms with Crippen LogP contribution in [0.1, 0.15) is 25.0 Å². The summed E-state index contributed by atoms with van der Waals surface area (Å²) in [5.74, 6) is -2.58. The van der Waals surface area contributed by atoms with E-state index in [1.54, 1.807) is 24.3 Å². The van der Waals surface area contributed by atoms with Crippen LogP contribution in [-0.4, -0.2) is 29.9 Å². The fourth-order valence-corrected chi connectivity index (χ4v) is 2.83. The number of anilines is 1. The molecule has 0 saturated carbocycles. The Balaban J connectivity index is 1.85. The Bertz CT molecular complexity index is 1020. The standard InChI is InChI=1S/C22H20N2O6/c1-3-14-4-8-16(9-5-14)24-20(26)18(19(25)23-22(24)29)12-15-6-10-17(11-7-15)30-13(2)21(27)28/h4-13H,3H2,1-2H3,(H,27,28)(H,23,25,29)/p-1/b18-12-/t13-/m1/s1. The van der Waals surface area contributed by atoms with E-state index in [9.17, 15) is 24.3 Å². The number of nitrogens with zero attached hydrogens (tertiary/aromatic N) is 1. The van der Waals surface area contributed by atoms with E-state index < -0.39 is 29.9 Å². The van der Waals surface area contributed by atoms with Crippen LogP contribution in [-0.2, 0) is 20.8 Å². The van der Waals surface area contributed by atoms with Crippen LogP contribution >= 0.6 is 0 Å². The number of rotatable bonds is 6. The van der Waals surface area contributed by atoms with Gasteiger partial charge in [0, 0.05) is 0 Å². The van der Waals surface area contributed by atoms with Gasteiger partial charge in [0.2, 0.25) is 0 Å². The fraction of sp³-hybridized carbons (Fsp3) is 0.182. The van der Waals surface area contributed by atoms with Gasteiger partial charge in [0.05, 0.1) is 11.7 Å². The molecule has 0 radical (unpaired) electrons. The Hall–Kier alpha value is -3.94. The average molecular weight is 407 g/mol. The summed E-state index contributed by atoms with van der Waals surface area (Å²) in [5.41, 5.74) is 1.70. The largest absolute Gasteiger partial charge is 0.546 e. The smallest absolute Gasteiger partial charge is 0.335 e. The van der Waals surface area contributed by atoms with Gasteiger partial charge in [-0.1, -0.05) is 31.2 Å². The number of ether oxygens (including phenoxy) is 1. The number of benzene rings is 2. The van der Waals surface area contributed by atoms with Gasteiger partial charge in [-0.2, -0.15) is 0 Å². The lowest BCUT2D eigenvalue weighted by atomic mass is 10.1. The maximum absolute atomic E-state index is 12.9. The SMILES string of the molecule is CCc1ccc(N2C(=O)NC(=O)/C(=C/c3ccc(O[C@H](C)C(=O)[O-])cc3)C2=O)cc1. The average Bonchev–Trinajstić information content (AvgIpc) is 2.72. The summed E-state index contributed by atoms with van der Waals surface area (Å²) in [6, 6.07) is 12.2. The molecule has 2 aromatic rings. The van der Waals surface area contributed by atoms with E-state index >= 15 is 0 Å². The summed E-state index contributed by atoms with van der Waals surface area (Å²) < 4.78 is 5.19. The van der Waals surface area contributed by atoms with Crippen LogP contribution in [0.3, 0.4) is 0 Å². The molecular weight excluding hydrogens is 388 g/mol. The zero-order chi connectivity index (χ0) is 21.8. The van der Waals surface area contributed by atoms with Crippen molar-refractivity contribution in [2.24, 2.45) is 0 Å². The lowest BCUT2D eigenvalue weighted by Gasteiger charge is -2.26. The first-order valence-electron chi connectivity index (χ1n) is 9.28. The molecule has 8 nitrogen and oxygen atoms in total. The van der Waals surface area contributed by atoms with Crippen LogP contribution in [0.25, 0.3) is 6.08 Å². The van der Waals surface area contributed by atoms with Crippen LogP contribution in [0.2, 0.25) is 0 Å². The van der Waals surface area contributed by atoms with Gasteiger partial charge in [-0.3, -0.25) is 14.9 Å². The third kappa shape index (κ3) is 4.38. The highest BCUT2D eigenvalue weighted by Crippen LogP contribution is 2.23. The summed E-state index contributed by atoms with van der Waals surface area (Å²) >= 11 is 0. The molecule has 3 rings (SSSR count). The van der Waals surface area contributed by atoms with Crippen molar-refractivity contribution in [1.82, 2.24) is 5.32 Å². The number of aliphatic carboxylic acids is 1. The molecular formula is C22H19N2O6-. The van der Waals surface area contributed by atoms with E-state index in [1.807, 2.05) is 19.1 Å². The lowest BCUT2D eigenvalue weighted by Crippen LogP contribution is -2.54. The zero-order valence-corrected chi connectivity index (χ0v) is 16.4. The van der Waals surface area contributed by atoms with Crippen molar-refractivity contribution in [3.05, 3.63) is 65.2 Å². The highest BCUT2D eigenvalue weighted by molar-refractivity contribution is 6.39. The van der Waals surface area contributed by atoms with Gasteiger partial charge in [-0.25, -0.2) is 9.69 Å². The molecule has 0 aliphatic carbocycles. The molecule has 2 aromatic carbocycles. The monoisotopic (exact) mass is 407 g/mol. The zero-order valence-electron chi connectivity index (χ0n) is 16.4. The summed E-state index contributed by atoms with van der Waals surface area (Å²) in [6.07, 6.45) is 1.04. The molecule has 154 valence electrons. The van der Waals surface area contributed by atoms with Crippen LogP contribution in [0.5, 0.6) is 5.75 Å². The third-order valence-corrected chi connectivity index (χ3v) is 4.54. The van der Waals surface area contributed by atoms with Gasteiger partial charge in [0.1, 0.15) is 17.4 Å². The number of carbonyl (C=O) groups is 4. The second-order valence-electron chi connectivity index (χ2n) is 6.63. The van der Waals surface area contributed by atoms with Crippen molar-refractivity contribution in [2.45, 2.75) is 26.4 Å². The van der Waals surface area contributed by atoms with E-state index in [0.29, 0.717) is 17.0 Å². The molecule has 30 heavy (non-hydrogen) atoms. The van der Waals surface area contributed by atoms with E-state index in [4.69, 9.17) is 4.74 Å². The number of hydrogen-bond donors (Lipinski definition) is 1. The topological polar surface area (TPSA) is 116 Å². The molecule has 4 amide bonds. The molecule has 0 bridgehead atoms. The van der Waals surface area contributed by atoms with Crippen molar-refractivity contribution in [1.29, 1.82) is 0 Å². The fourth-order valence-electron chi connectivity index (χ4n) is 2.83. The van der Waals surface area contributed by atoms with Crippen LogP contribution < -0.4 is 20.1 Å². The van der Waals surface area contributed by atoms with Gasteiger partial charge in [-0.15, -0.1) is 0 Å². The second-order valence-corrected chi connectivity index (χ2v) is 6.63. The first-order chi connectivity index (χ1) is 14.3. The number of urea groups is 1. The van der Waals surface area contributed by atoms with Crippen LogP contribution in [0, 0.1) is 0 Å². The van der Waals surface area contributed by atoms with Crippen molar-refractivity contribution in [3.8, 4) is 5.75 Å². The summed E-state index contributed by atoms with van der Waals surface area (Å²) in [5, 5.41) is 12.9. The summed E-state index contributed by atoms with van der Waals surface area (Å²) in [6.45, 7) is 3.33. The number of amides is 4. The third-order valence-electron chi connectivity index (χ3n) is 4.54. The Labute approximate surface area is 172 Å². The first-order valence-corrected chi connectivity index (χ1v) is 9.28. The van der Waals surface area contributed by atoms with Gasteiger partial charge in [-0.05, 0) is 54.8 Å². The second kappa shape index (κ2) is 8.60. The Morgan fingerprint density at radius 1 is 1.10 bits per heavy atom. The van der Waals surface area contributed by atoms with Crippen molar-refractivity contribution < 1.29 is 29.0 Å². The lowest BCUT2D eigenvalue weighted by molar-refractivity contribution is -0.312. The highest BCUT2D eigenvalue weighted by atomic mass is 16.5. The Morgan fingerprint density at radius 2 is 1.73 bits per heavy atom. The number of aryl methyl sites for hydroxylation is 1. The van der Waals surface area contributed by atoms with Crippen LogP contribution in [0.15, 0.2) is 54.1 Å². The van der Waals surface area contributed by atoms with Crippen molar-refractivity contribution >= 4 is 35.6 Å². The molecule has 1 fully saturated rings. The molecule has 1 saturated heterocycles. The number of barbiturate groups is 1. The minimum absolute atomic E-state index is 0.203. The quantitative estimate of drug-likeness (QED) is 0.572. The molecule has 0 aromatic heterocycles. The van der Waals surface area contributed by atoms with Gasteiger partial charge in [0.15, 0.2) is 0 Å². The molecule has 8 heteroatoms. The Kier molecular flexibility index (Phi) is 5.96. The molecule has 0 unspecified atom stereocenters. The van der Waals surface area contributed by atoms with E-state index in [2.05, 4.69) is 5.32 Å². The number of carboxylic acids is 1. The number of carboxylic acid groups (broad SMARTS) is 1. The molecule has 1 atom stereocenters. The molecule has 1 heterocycles. The van der Waals surface area contributed by atoms with Crippen molar-refractivity contribution in [3.63, 3.8) is 0 Å². The van der Waals surface area contributed by atoms with Gasteiger partial charge >= 0.3 is 6.03 Å². The first kappa shape index (κ1) is 20.8. The predicted octanol–water partition coefficient (Wildman–Crippen LogP) is 1.43. The van der Waals surface area contributed by atoms with Gasteiger partial charge in [0.25, 0.3) is 11.8 Å². The molecule has 1 aliphatic rings. The minimum Gasteiger partial charge on any atom is -0.546 e. The normalized spacial score (nSPS) is 16.4. The van der Waals surface area contributed by atoms with Crippen molar-refractivity contribution in [2.75, 3.05) is 4.90 Å². The van der Waals surface area contributed by atoms with Crippen LogP contribution in [0.4, 0.5) is 10.5 Å². The summed E-state index contributed by atoms with van der Waals surface area (Å²) in [7, 11) is 0. The number of carbonyl (C=O) groups excluding carboxylic acids is 4. The maximum Gasteiger partial charge on any atom is 0.335 e. The maximum atomic E-state index is 12.9. The minimum atomic E-state index is -1.35. The van der Waals surface area contributed by atoms with E-state index in [-0.39, 0.29) is 5.57 Å². The predicted molar refractivity (Wildman–Crippen MR) is 106 cm³/mol. The van der Waals surface area contributed by atoms with E-state index in [0.717, 1.165) is 16.9 Å². The number of imide groups is 2. The number of hydrogen-bond acceptors (Lipinski definition) is 6. The number of nitrogens with one attached hydrogen (secondary N) is 1. The molecule has 1 aliphatic heterocycles. The molecule has 0 spiro atoms. The van der Waals surface area contributed by atoms with E-state index in [1.165, 1.54) is 25.1 Å². The molecule has 1 N–H and O–H groups in total. The Morgan fingerprint density at radius 3 is 2.30 bits per heavy atom. The van der Waals surface area contributed by atoms with Gasteiger partial charge < -0.3 is 14.6 Å².